The number of allylic oxidation sites excluding steroid dienone is 1. The van der Waals surface area contributed by atoms with Gasteiger partial charge in [0.25, 0.3) is 0 Å². The average molecular weight is 343 g/mol. The molecular weight excluding hydrogens is 326 g/mol. The van der Waals surface area contributed by atoms with Gasteiger partial charge in [-0.25, -0.2) is 4.98 Å². The molecule has 0 aliphatic heterocycles. The Morgan fingerprint density at radius 3 is 2.96 bits per heavy atom. The maximum atomic E-state index is 9.80. The molecule has 26 heavy (non-hydrogen) atoms. The summed E-state index contributed by atoms with van der Waals surface area (Å²) in [4.78, 5) is 4.48. The fourth-order valence-corrected chi connectivity index (χ4v) is 3.59. The third-order valence-corrected chi connectivity index (χ3v) is 4.82. The first-order valence-electron chi connectivity index (χ1n) is 8.23. The van der Waals surface area contributed by atoms with Crippen LogP contribution in [0.25, 0.3) is 22.4 Å². The standard InChI is InChI=1S/C20H17N5O/c1-3-6-25-11(2)17(10-23-25)18-15-8-12-7-13(26)4-5-14(12)19(15)24-20(22)16(18)9-21/h3-5,7,10,26H,1,6,8H2,2H3,(H2,22,24). The van der Waals surface area contributed by atoms with Crippen LogP contribution in [0.4, 0.5) is 5.82 Å². The molecule has 0 spiro atoms. The predicted molar refractivity (Wildman–Crippen MR) is 99.4 cm³/mol. The number of fused-ring (bicyclic) bond motifs is 3. The number of phenolic OH excluding ortho intramolecular Hbond substituents is 1. The van der Waals surface area contributed by atoms with Crippen LogP contribution in [0, 0.1) is 18.3 Å². The minimum atomic E-state index is 0.207. The zero-order valence-electron chi connectivity index (χ0n) is 14.3. The van der Waals surface area contributed by atoms with E-state index in [1.54, 1.807) is 24.4 Å². The molecular formula is C20H17N5O. The van der Waals surface area contributed by atoms with Crippen molar-refractivity contribution >= 4 is 5.82 Å². The molecule has 0 radical (unpaired) electrons. The van der Waals surface area contributed by atoms with Crippen LogP contribution >= 0.6 is 0 Å². The van der Waals surface area contributed by atoms with E-state index in [1.165, 1.54) is 0 Å². The average Bonchev–Trinajstić information content (AvgIpc) is 3.14. The lowest BCUT2D eigenvalue weighted by Crippen LogP contribution is -2.04. The Morgan fingerprint density at radius 2 is 2.23 bits per heavy atom. The van der Waals surface area contributed by atoms with Gasteiger partial charge in [0.05, 0.1) is 18.4 Å². The molecule has 1 aromatic carbocycles. The normalized spacial score (nSPS) is 11.7. The maximum Gasteiger partial charge on any atom is 0.142 e. The smallest absolute Gasteiger partial charge is 0.142 e. The maximum absolute atomic E-state index is 9.80. The molecule has 0 atom stereocenters. The fourth-order valence-electron chi connectivity index (χ4n) is 3.59. The number of benzene rings is 1. The number of aromatic nitrogens is 3. The summed E-state index contributed by atoms with van der Waals surface area (Å²) in [5.41, 5.74) is 12.7. The number of pyridine rings is 1. The van der Waals surface area contributed by atoms with Crippen LogP contribution in [-0.4, -0.2) is 19.9 Å². The highest BCUT2D eigenvalue weighted by atomic mass is 16.3. The van der Waals surface area contributed by atoms with Crippen molar-refractivity contribution in [2.45, 2.75) is 19.9 Å². The number of nitrogen functional groups attached to an aromatic ring is 1. The second-order valence-electron chi connectivity index (χ2n) is 6.32. The van der Waals surface area contributed by atoms with E-state index in [4.69, 9.17) is 5.73 Å². The van der Waals surface area contributed by atoms with Gasteiger partial charge in [-0.15, -0.1) is 6.58 Å². The summed E-state index contributed by atoms with van der Waals surface area (Å²) in [6.07, 6.45) is 4.12. The molecule has 128 valence electrons. The molecule has 1 aliphatic rings. The van der Waals surface area contributed by atoms with Crippen molar-refractivity contribution in [2.75, 3.05) is 5.73 Å². The summed E-state index contributed by atoms with van der Waals surface area (Å²) in [6.45, 7) is 6.30. The molecule has 0 saturated heterocycles. The van der Waals surface area contributed by atoms with E-state index < -0.39 is 0 Å². The quantitative estimate of drug-likeness (QED) is 0.556. The summed E-state index contributed by atoms with van der Waals surface area (Å²) in [5, 5.41) is 23.9. The number of nitriles is 1. The Balaban J connectivity index is 2.01. The summed E-state index contributed by atoms with van der Waals surface area (Å²) >= 11 is 0. The Hall–Kier alpha value is -3.59. The molecule has 3 N–H and O–H groups in total. The van der Waals surface area contributed by atoms with Crippen LogP contribution in [0.15, 0.2) is 37.1 Å². The van der Waals surface area contributed by atoms with Crippen LogP contribution in [0.1, 0.15) is 22.4 Å². The topological polar surface area (TPSA) is 101 Å². The number of phenols is 1. The molecule has 0 unspecified atom stereocenters. The molecule has 4 rings (SSSR count). The van der Waals surface area contributed by atoms with Crippen LogP contribution in [0.2, 0.25) is 0 Å². The molecule has 6 heteroatoms. The van der Waals surface area contributed by atoms with E-state index >= 15 is 0 Å². The third kappa shape index (κ3) is 2.18. The van der Waals surface area contributed by atoms with E-state index in [9.17, 15) is 10.4 Å². The van der Waals surface area contributed by atoms with Gasteiger partial charge in [0, 0.05) is 28.8 Å². The first kappa shape index (κ1) is 15.9. The lowest BCUT2D eigenvalue weighted by atomic mass is 9.94. The van der Waals surface area contributed by atoms with Crippen molar-refractivity contribution in [1.82, 2.24) is 14.8 Å². The number of rotatable bonds is 3. The van der Waals surface area contributed by atoms with Gasteiger partial charge in [-0.2, -0.15) is 10.4 Å². The molecule has 2 heterocycles. The second-order valence-corrected chi connectivity index (χ2v) is 6.32. The number of nitrogens with zero attached hydrogens (tertiary/aromatic N) is 4. The van der Waals surface area contributed by atoms with Crippen molar-refractivity contribution in [3.63, 3.8) is 0 Å². The molecule has 0 bridgehead atoms. The zero-order valence-corrected chi connectivity index (χ0v) is 14.3. The lowest BCUT2D eigenvalue weighted by Gasteiger charge is -2.12. The van der Waals surface area contributed by atoms with Crippen LogP contribution in [-0.2, 0) is 13.0 Å². The van der Waals surface area contributed by atoms with Gasteiger partial charge >= 0.3 is 0 Å². The highest BCUT2D eigenvalue weighted by molar-refractivity contribution is 5.89. The van der Waals surface area contributed by atoms with E-state index in [2.05, 4.69) is 22.7 Å². The van der Waals surface area contributed by atoms with Gasteiger partial charge in [0.15, 0.2) is 0 Å². The van der Waals surface area contributed by atoms with Gasteiger partial charge in [-0.05, 0) is 36.2 Å². The van der Waals surface area contributed by atoms with Crippen molar-refractivity contribution in [3.8, 4) is 34.2 Å². The Kier molecular flexibility index (Phi) is 3.51. The molecule has 2 aromatic heterocycles. The molecule has 0 amide bonds. The SMILES string of the molecule is C=CCn1ncc(-c2c(C#N)c(N)nc3c2Cc2cc(O)ccc2-3)c1C. The zero-order chi connectivity index (χ0) is 18.4. The van der Waals surface area contributed by atoms with Crippen LogP contribution in [0.5, 0.6) is 5.75 Å². The van der Waals surface area contributed by atoms with E-state index in [-0.39, 0.29) is 11.6 Å². The van der Waals surface area contributed by atoms with Crippen LogP contribution < -0.4 is 5.73 Å². The number of hydrogen-bond acceptors (Lipinski definition) is 5. The fraction of sp³-hybridized carbons (Fsp3) is 0.150. The first-order valence-corrected chi connectivity index (χ1v) is 8.23. The van der Waals surface area contributed by atoms with E-state index in [0.717, 1.165) is 39.2 Å². The first-order chi connectivity index (χ1) is 12.5. The van der Waals surface area contributed by atoms with Gasteiger partial charge < -0.3 is 10.8 Å². The molecule has 0 saturated carbocycles. The monoisotopic (exact) mass is 343 g/mol. The van der Waals surface area contributed by atoms with Gasteiger partial charge in [-0.1, -0.05) is 6.08 Å². The number of aromatic hydroxyl groups is 1. The third-order valence-electron chi connectivity index (χ3n) is 4.82. The van der Waals surface area contributed by atoms with Gasteiger partial charge in [-0.3, -0.25) is 4.68 Å². The summed E-state index contributed by atoms with van der Waals surface area (Å²) in [5.74, 6) is 0.416. The van der Waals surface area contributed by atoms with Crippen molar-refractivity contribution in [3.05, 3.63) is 59.4 Å². The Morgan fingerprint density at radius 1 is 1.42 bits per heavy atom. The second kappa shape index (κ2) is 5.74. The molecule has 0 fully saturated rings. The number of nitrogens with two attached hydrogens (primary N) is 1. The molecule has 3 aromatic rings. The summed E-state index contributed by atoms with van der Waals surface area (Å²) < 4.78 is 1.83. The van der Waals surface area contributed by atoms with Crippen molar-refractivity contribution < 1.29 is 5.11 Å². The predicted octanol–water partition coefficient (Wildman–Crippen LogP) is 3.17. The van der Waals surface area contributed by atoms with E-state index in [1.807, 2.05) is 17.7 Å². The minimum absolute atomic E-state index is 0.207. The van der Waals surface area contributed by atoms with Crippen molar-refractivity contribution in [1.29, 1.82) is 5.26 Å². The Labute approximate surface area is 150 Å². The Bertz CT molecular complexity index is 1100. The lowest BCUT2D eigenvalue weighted by molar-refractivity contribution is 0.475. The van der Waals surface area contributed by atoms with Gasteiger partial charge in [0.2, 0.25) is 0 Å². The molecule has 1 aliphatic carbocycles. The summed E-state index contributed by atoms with van der Waals surface area (Å²) in [7, 11) is 0. The van der Waals surface area contributed by atoms with Crippen molar-refractivity contribution in [2.24, 2.45) is 0 Å². The van der Waals surface area contributed by atoms with Gasteiger partial charge in [0.1, 0.15) is 23.2 Å². The minimum Gasteiger partial charge on any atom is -0.508 e. The number of anilines is 1. The van der Waals surface area contributed by atoms with Crippen LogP contribution in [0.3, 0.4) is 0 Å². The molecule has 6 nitrogen and oxygen atoms in total. The highest BCUT2D eigenvalue weighted by Crippen LogP contribution is 2.44. The highest BCUT2D eigenvalue weighted by Gasteiger charge is 2.29. The summed E-state index contributed by atoms with van der Waals surface area (Å²) in [6, 6.07) is 7.41. The number of hydrogen-bond donors (Lipinski definition) is 2. The largest absolute Gasteiger partial charge is 0.508 e. The van der Waals surface area contributed by atoms with E-state index in [0.29, 0.717) is 18.5 Å².